The summed E-state index contributed by atoms with van der Waals surface area (Å²) in [6.07, 6.45) is -16.2. The summed E-state index contributed by atoms with van der Waals surface area (Å²) < 4.78 is 34.9. The highest BCUT2D eigenvalue weighted by Crippen LogP contribution is 2.50. The summed E-state index contributed by atoms with van der Waals surface area (Å²) in [6, 6.07) is 14.8. The van der Waals surface area contributed by atoms with E-state index in [2.05, 4.69) is 20.7 Å². The first-order valence-corrected chi connectivity index (χ1v) is 18.2. The summed E-state index contributed by atoms with van der Waals surface area (Å²) >= 11 is 0. The Morgan fingerprint density at radius 2 is 1.43 bits per heavy atom. The van der Waals surface area contributed by atoms with Crippen molar-refractivity contribution < 1.29 is 73.8 Å². The van der Waals surface area contributed by atoms with Gasteiger partial charge in [0.1, 0.15) is 60.1 Å². The van der Waals surface area contributed by atoms with Gasteiger partial charge in [-0.05, 0) is 54.1 Å². The van der Waals surface area contributed by atoms with Crippen LogP contribution in [0.15, 0.2) is 65.8 Å². The van der Waals surface area contributed by atoms with Gasteiger partial charge in [0.25, 0.3) is 17.6 Å². The zero-order valence-electron chi connectivity index (χ0n) is 31.7. The number of fused-ring (bicyclic) bond motifs is 1. The molecule has 0 aromatic heterocycles. The predicted molar refractivity (Wildman–Crippen MR) is 200 cm³/mol. The molecule has 58 heavy (non-hydrogen) atoms. The van der Waals surface area contributed by atoms with Crippen molar-refractivity contribution in [3.63, 3.8) is 0 Å². The number of hydrogen-bond donors (Lipinski definition) is 9. The van der Waals surface area contributed by atoms with Crippen LogP contribution in [0.25, 0.3) is 10.4 Å². The smallest absolute Gasteiger partial charge is 0.261 e. The summed E-state index contributed by atoms with van der Waals surface area (Å²) in [5, 5.41) is 81.0. The average molecular weight is 812 g/mol. The second-order valence-electron chi connectivity index (χ2n) is 15.0. The Labute approximate surface area is 331 Å². The van der Waals surface area contributed by atoms with Crippen LogP contribution in [0, 0.1) is 5.41 Å². The average Bonchev–Trinajstić information content (AvgIpc) is 3.56. The Morgan fingerprint density at radius 3 is 2.05 bits per heavy atom. The summed E-state index contributed by atoms with van der Waals surface area (Å²) in [7, 11) is 0. The number of amides is 2. The predicted octanol–water partition coefficient (Wildman–Crippen LogP) is 1.67. The molecule has 2 amide bonds. The number of ether oxygens (including phenoxy) is 6. The van der Waals surface area contributed by atoms with E-state index in [1.165, 1.54) is 54.6 Å². The summed E-state index contributed by atoms with van der Waals surface area (Å²) in [5.41, 5.74) is 9.02. The zero-order chi connectivity index (χ0) is 42.1. The molecule has 312 valence electrons. The number of aliphatic hydroxyl groups excluding tert-OH is 7. The molecule has 11 atom stereocenters. The number of nitrogens with one attached hydrogen (secondary N) is 2. The molecule has 0 saturated carbocycles. The van der Waals surface area contributed by atoms with Crippen LogP contribution in [0.1, 0.15) is 48.4 Å². The number of carbonyl (C=O) groups excluding carboxylic acids is 2. The summed E-state index contributed by atoms with van der Waals surface area (Å²) in [4.78, 5) is 30.1. The maximum atomic E-state index is 14.0. The summed E-state index contributed by atoms with van der Waals surface area (Å²) in [5.74, 6) is -1.93. The van der Waals surface area contributed by atoms with Crippen molar-refractivity contribution in [1.82, 2.24) is 0 Å². The van der Waals surface area contributed by atoms with Gasteiger partial charge in [0.2, 0.25) is 6.29 Å². The fourth-order valence-electron chi connectivity index (χ4n) is 6.33. The molecule has 0 radical (unpaired) electrons. The molecule has 0 bridgehead atoms. The van der Waals surface area contributed by atoms with E-state index in [0.717, 1.165) is 0 Å². The molecule has 20 heteroatoms. The lowest BCUT2D eigenvalue weighted by atomic mass is 9.87. The lowest BCUT2D eigenvalue weighted by Gasteiger charge is -2.45. The van der Waals surface area contributed by atoms with E-state index in [1.807, 2.05) is 20.8 Å². The third-order valence-corrected chi connectivity index (χ3v) is 10.2. The van der Waals surface area contributed by atoms with E-state index >= 15 is 0 Å². The quantitative estimate of drug-likeness (QED) is 0.0756. The normalized spacial score (nSPS) is 30.5. The van der Waals surface area contributed by atoms with Crippen molar-refractivity contribution >= 4 is 28.9 Å². The lowest BCUT2D eigenvalue weighted by molar-refractivity contribution is -0.352. The highest BCUT2D eigenvalue weighted by molar-refractivity contribution is 6.14. The van der Waals surface area contributed by atoms with Gasteiger partial charge in [-0.3, -0.25) is 9.59 Å². The minimum atomic E-state index is -1.82. The van der Waals surface area contributed by atoms with Crippen LogP contribution >= 0.6 is 0 Å². The molecule has 3 aliphatic rings. The number of hydrogen-bond acceptors (Lipinski definition) is 16. The molecule has 2 fully saturated rings. The molecule has 2 saturated heterocycles. The molecule has 3 aromatic rings. The molecule has 9 N–H and O–H groups in total. The van der Waals surface area contributed by atoms with Gasteiger partial charge in [-0.2, -0.15) is 0 Å². The first-order valence-electron chi connectivity index (χ1n) is 18.2. The molecular formula is C38H45N5O15. The number of aliphatic hydroxyl groups is 7. The molecule has 6 rings (SSSR count). The van der Waals surface area contributed by atoms with Gasteiger partial charge >= 0.3 is 0 Å². The van der Waals surface area contributed by atoms with Crippen LogP contribution in [0.5, 0.6) is 17.2 Å². The second kappa shape index (κ2) is 17.0. The zero-order valence-corrected chi connectivity index (χ0v) is 31.7. The minimum Gasteiger partial charge on any atom is -0.462 e. The lowest BCUT2D eigenvalue weighted by Crippen LogP contribution is -2.65. The maximum absolute atomic E-state index is 14.0. The summed E-state index contributed by atoms with van der Waals surface area (Å²) in [6.45, 7) is 5.97. The highest BCUT2D eigenvalue weighted by atomic mass is 16.7. The van der Waals surface area contributed by atoms with Crippen LogP contribution < -0.4 is 24.8 Å². The molecule has 3 aliphatic heterocycles. The Balaban J connectivity index is 1.17. The fraction of sp³-hybridized carbons (Fsp3) is 0.474. The first-order chi connectivity index (χ1) is 27.5. The first kappa shape index (κ1) is 42.5. The van der Waals surface area contributed by atoms with Crippen LogP contribution in [-0.2, 0) is 14.2 Å². The Bertz CT molecular complexity index is 2000. The van der Waals surface area contributed by atoms with Gasteiger partial charge in [0, 0.05) is 34.2 Å². The van der Waals surface area contributed by atoms with Gasteiger partial charge in [-0.25, -0.2) is 0 Å². The van der Waals surface area contributed by atoms with Gasteiger partial charge in [0.15, 0.2) is 17.8 Å². The monoisotopic (exact) mass is 811 g/mol. The van der Waals surface area contributed by atoms with Crippen molar-refractivity contribution in [2.24, 2.45) is 10.5 Å². The van der Waals surface area contributed by atoms with E-state index in [0.29, 0.717) is 5.69 Å². The molecule has 0 aliphatic carbocycles. The third kappa shape index (κ3) is 8.53. The number of nitrogens with zero attached hydrogens (tertiary/aromatic N) is 3. The number of anilines is 2. The minimum absolute atomic E-state index is 0.0342. The molecule has 20 nitrogen and oxygen atoms in total. The van der Waals surface area contributed by atoms with E-state index < -0.39 is 97.6 Å². The Hall–Kier alpha value is -5.09. The van der Waals surface area contributed by atoms with Crippen LogP contribution in [-0.4, -0.2) is 128 Å². The number of benzene rings is 3. The second-order valence-corrected chi connectivity index (χ2v) is 15.0. The molecular weight excluding hydrogens is 766 g/mol. The number of azide groups is 1. The van der Waals surface area contributed by atoms with Crippen LogP contribution in [0.3, 0.4) is 0 Å². The fourth-order valence-corrected chi connectivity index (χ4v) is 6.33. The van der Waals surface area contributed by atoms with Crippen LogP contribution in [0.2, 0.25) is 0 Å². The maximum Gasteiger partial charge on any atom is 0.261 e. The van der Waals surface area contributed by atoms with Crippen molar-refractivity contribution in [2.75, 3.05) is 23.8 Å². The Kier molecular flexibility index (Phi) is 12.5. The van der Waals surface area contributed by atoms with Crippen LogP contribution in [0.4, 0.5) is 17.1 Å². The van der Waals surface area contributed by atoms with E-state index in [9.17, 15) is 45.3 Å². The van der Waals surface area contributed by atoms with Gasteiger partial charge in [-0.15, -0.1) is 0 Å². The van der Waals surface area contributed by atoms with E-state index in [4.69, 9.17) is 34.0 Å². The third-order valence-electron chi connectivity index (χ3n) is 10.2. The van der Waals surface area contributed by atoms with Crippen molar-refractivity contribution in [3.05, 3.63) is 82.2 Å². The van der Waals surface area contributed by atoms with Gasteiger partial charge in [-0.1, -0.05) is 38.0 Å². The van der Waals surface area contributed by atoms with Gasteiger partial charge < -0.3 is 74.8 Å². The SMILES string of the molecule is CC(C)(C)C1(C)Oc2ccc(NC(=O)c3ccc(N=[N+]=[N-])cc3)c(C(=O)Nc3ccc(O[C@@H]4O[C@H](CO)[C@@H](O[C@@H]5O[C@H](CO)[C@H](O)[C@H](O)[C@H]5O)[C@H](O)[C@H]4O)cc3)c2O1. The Morgan fingerprint density at radius 1 is 0.793 bits per heavy atom. The van der Waals surface area contributed by atoms with Gasteiger partial charge in [0.05, 0.1) is 18.9 Å². The number of carbonyl (C=O) groups is 2. The highest BCUT2D eigenvalue weighted by Gasteiger charge is 2.52. The van der Waals surface area contributed by atoms with Crippen molar-refractivity contribution in [1.29, 1.82) is 0 Å². The van der Waals surface area contributed by atoms with Crippen molar-refractivity contribution in [2.45, 2.75) is 94.9 Å². The topological polar surface area (TPSA) is 304 Å². The largest absolute Gasteiger partial charge is 0.462 e. The van der Waals surface area contributed by atoms with E-state index in [1.54, 1.807) is 13.0 Å². The molecule has 0 spiro atoms. The van der Waals surface area contributed by atoms with E-state index in [-0.39, 0.29) is 39.8 Å². The standard InChI is InChI=1S/C38H45N5O15/c1-37(2,3)38(4)57-22-14-13-21(41-33(51)17-5-7-19(8-6-17)42-43-39)25(31(22)58-38)34(52)40-18-9-11-20(12-10-18)53-35-30(50)28(48)32(24(16-45)55-35)56-36-29(49)27(47)26(46)23(15-44)54-36/h5-14,23-24,26-30,32,35-36,44-50H,15-16H2,1-4H3,(H,40,52)(H,41,51)/t23-,24-,26+,27+,28-,29-,30-,32-,35-,36+,38?/m1/s1. The van der Waals surface area contributed by atoms with Crippen molar-refractivity contribution in [3.8, 4) is 17.2 Å². The number of rotatable bonds is 11. The molecule has 3 heterocycles. The molecule has 3 aromatic carbocycles. The molecule has 1 unspecified atom stereocenters.